The Labute approximate surface area is 109 Å². The number of nitrogens with one attached hydrogen (secondary N) is 2. The van der Waals surface area contributed by atoms with Crippen LogP contribution in [0.2, 0.25) is 0 Å². The number of aliphatic hydroxyl groups excluding tert-OH is 1. The minimum Gasteiger partial charge on any atom is -0.396 e. The van der Waals surface area contributed by atoms with Crippen LogP contribution in [0.3, 0.4) is 0 Å². The van der Waals surface area contributed by atoms with Crippen molar-refractivity contribution in [2.75, 3.05) is 30.8 Å². The molecule has 0 spiro atoms. The van der Waals surface area contributed by atoms with Crippen LogP contribution in [0.25, 0.3) is 0 Å². The lowest BCUT2D eigenvalue weighted by atomic mass is 10.2. The lowest BCUT2D eigenvalue weighted by Gasteiger charge is -2.12. The minimum absolute atomic E-state index is 0.296. The van der Waals surface area contributed by atoms with Crippen molar-refractivity contribution < 1.29 is 5.11 Å². The number of hydrogen-bond donors (Lipinski definition) is 3. The van der Waals surface area contributed by atoms with Gasteiger partial charge in [0.15, 0.2) is 0 Å². The van der Waals surface area contributed by atoms with Crippen molar-refractivity contribution in [3.63, 3.8) is 0 Å². The van der Waals surface area contributed by atoms with Gasteiger partial charge in [-0.05, 0) is 19.3 Å². The third kappa shape index (κ3) is 4.49. The fourth-order valence-electron chi connectivity index (χ4n) is 1.91. The van der Waals surface area contributed by atoms with Crippen molar-refractivity contribution >= 4 is 11.6 Å². The molecule has 0 unspecified atom stereocenters. The van der Waals surface area contributed by atoms with E-state index in [1.807, 2.05) is 7.05 Å². The highest BCUT2D eigenvalue weighted by Crippen LogP contribution is 2.19. The van der Waals surface area contributed by atoms with Crippen LogP contribution in [-0.4, -0.2) is 35.3 Å². The van der Waals surface area contributed by atoms with Crippen LogP contribution in [0.15, 0.2) is 6.33 Å². The van der Waals surface area contributed by atoms with Crippen LogP contribution >= 0.6 is 0 Å². The molecule has 0 amide bonds. The molecule has 1 aromatic heterocycles. The zero-order valence-electron chi connectivity index (χ0n) is 11.4. The van der Waals surface area contributed by atoms with E-state index in [1.54, 1.807) is 6.33 Å². The van der Waals surface area contributed by atoms with Crippen molar-refractivity contribution in [1.82, 2.24) is 9.97 Å². The van der Waals surface area contributed by atoms with E-state index in [-0.39, 0.29) is 0 Å². The van der Waals surface area contributed by atoms with Gasteiger partial charge < -0.3 is 15.7 Å². The molecule has 0 radical (unpaired) electrons. The maximum absolute atomic E-state index is 8.69. The summed E-state index contributed by atoms with van der Waals surface area (Å²) in [6.45, 7) is 3.31. The minimum atomic E-state index is 0.296. The summed E-state index contributed by atoms with van der Waals surface area (Å²) in [4.78, 5) is 8.50. The van der Waals surface area contributed by atoms with Crippen LogP contribution in [0.1, 0.15) is 38.2 Å². The summed E-state index contributed by atoms with van der Waals surface area (Å²) in [7, 11) is 1.88. The molecular formula is C13H24N4O. The lowest BCUT2D eigenvalue weighted by molar-refractivity contribution is 0.283. The molecule has 0 aliphatic heterocycles. The Balaban J connectivity index is 2.41. The monoisotopic (exact) mass is 252 g/mol. The van der Waals surface area contributed by atoms with Crippen LogP contribution < -0.4 is 10.6 Å². The summed E-state index contributed by atoms with van der Waals surface area (Å²) in [5.41, 5.74) is 1.13. The first kappa shape index (κ1) is 14.7. The summed E-state index contributed by atoms with van der Waals surface area (Å²) in [5.74, 6) is 1.83. The zero-order valence-corrected chi connectivity index (χ0v) is 11.4. The van der Waals surface area contributed by atoms with E-state index in [9.17, 15) is 0 Å². The molecule has 0 saturated carbocycles. The number of anilines is 2. The third-order valence-corrected chi connectivity index (χ3v) is 2.91. The Morgan fingerprint density at radius 1 is 1.11 bits per heavy atom. The Hall–Kier alpha value is -1.36. The largest absolute Gasteiger partial charge is 0.396 e. The molecule has 1 aromatic rings. The van der Waals surface area contributed by atoms with E-state index in [0.29, 0.717) is 6.61 Å². The number of nitrogens with zero attached hydrogens (tertiary/aromatic N) is 2. The van der Waals surface area contributed by atoms with E-state index in [2.05, 4.69) is 27.5 Å². The van der Waals surface area contributed by atoms with E-state index in [1.165, 1.54) is 0 Å². The van der Waals surface area contributed by atoms with Crippen LogP contribution in [0.5, 0.6) is 0 Å². The molecule has 0 aliphatic rings. The van der Waals surface area contributed by atoms with Crippen molar-refractivity contribution in [1.29, 1.82) is 0 Å². The average Bonchev–Trinajstić information content (AvgIpc) is 2.42. The second kappa shape index (κ2) is 8.69. The molecular weight excluding hydrogens is 228 g/mol. The molecule has 0 aliphatic carbocycles. The number of rotatable bonds is 9. The van der Waals surface area contributed by atoms with Crippen molar-refractivity contribution in [2.24, 2.45) is 0 Å². The van der Waals surface area contributed by atoms with Crippen LogP contribution in [0.4, 0.5) is 11.6 Å². The maximum Gasteiger partial charge on any atom is 0.134 e. The highest BCUT2D eigenvalue weighted by molar-refractivity contribution is 5.56. The summed E-state index contributed by atoms with van der Waals surface area (Å²) in [6.07, 6.45) is 6.71. The predicted molar refractivity (Wildman–Crippen MR) is 75.0 cm³/mol. The maximum atomic E-state index is 8.69. The molecule has 0 aromatic carbocycles. The smallest absolute Gasteiger partial charge is 0.134 e. The van der Waals surface area contributed by atoms with E-state index >= 15 is 0 Å². The van der Waals surface area contributed by atoms with E-state index in [4.69, 9.17) is 5.11 Å². The van der Waals surface area contributed by atoms with Gasteiger partial charge in [0.25, 0.3) is 0 Å². The van der Waals surface area contributed by atoms with Gasteiger partial charge >= 0.3 is 0 Å². The van der Waals surface area contributed by atoms with Crippen LogP contribution in [0, 0.1) is 0 Å². The van der Waals surface area contributed by atoms with Gasteiger partial charge in [-0.3, -0.25) is 0 Å². The molecule has 1 rings (SSSR count). The fraction of sp³-hybridized carbons (Fsp3) is 0.692. The molecule has 1 heterocycles. The number of unbranched alkanes of at least 4 members (excludes halogenated alkanes) is 3. The first-order chi connectivity index (χ1) is 8.83. The first-order valence-electron chi connectivity index (χ1n) is 6.69. The van der Waals surface area contributed by atoms with Gasteiger partial charge in [-0.1, -0.05) is 19.8 Å². The van der Waals surface area contributed by atoms with Crippen molar-refractivity contribution in [3.05, 3.63) is 11.9 Å². The van der Waals surface area contributed by atoms with Gasteiger partial charge in [-0.25, -0.2) is 9.97 Å². The number of aromatic nitrogens is 2. The fourth-order valence-corrected chi connectivity index (χ4v) is 1.91. The van der Waals surface area contributed by atoms with Gasteiger partial charge in [-0.15, -0.1) is 0 Å². The topological polar surface area (TPSA) is 70.1 Å². The molecule has 5 heteroatoms. The molecule has 5 nitrogen and oxygen atoms in total. The number of hydrogen-bond acceptors (Lipinski definition) is 5. The summed E-state index contributed by atoms with van der Waals surface area (Å²) in [6, 6.07) is 0. The standard InChI is InChI=1S/C13H24N4O/c1-3-11-12(14-2)16-10-17-13(11)15-8-6-4-5-7-9-18/h10,18H,3-9H2,1-2H3,(H2,14,15,16,17). The number of aliphatic hydroxyl groups is 1. The van der Waals surface area contributed by atoms with Gasteiger partial charge in [0.1, 0.15) is 18.0 Å². The first-order valence-corrected chi connectivity index (χ1v) is 6.69. The summed E-state index contributed by atoms with van der Waals surface area (Å²) < 4.78 is 0. The normalized spacial score (nSPS) is 10.4. The Bertz CT molecular complexity index is 344. The zero-order chi connectivity index (χ0) is 13.2. The van der Waals surface area contributed by atoms with Crippen molar-refractivity contribution in [3.8, 4) is 0 Å². The molecule has 18 heavy (non-hydrogen) atoms. The highest BCUT2D eigenvalue weighted by atomic mass is 16.2. The van der Waals surface area contributed by atoms with E-state index in [0.717, 1.165) is 55.8 Å². The molecule has 0 saturated heterocycles. The molecule has 0 bridgehead atoms. The average molecular weight is 252 g/mol. The third-order valence-electron chi connectivity index (χ3n) is 2.91. The van der Waals surface area contributed by atoms with Gasteiger partial charge in [-0.2, -0.15) is 0 Å². The van der Waals surface area contributed by atoms with Gasteiger partial charge in [0.2, 0.25) is 0 Å². The van der Waals surface area contributed by atoms with Crippen molar-refractivity contribution in [2.45, 2.75) is 39.0 Å². The van der Waals surface area contributed by atoms with Gasteiger partial charge in [0.05, 0.1) is 0 Å². The Morgan fingerprint density at radius 3 is 2.50 bits per heavy atom. The quantitative estimate of drug-likeness (QED) is 0.587. The predicted octanol–water partition coefficient (Wildman–Crippen LogP) is 2.05. The Kier molecular flexibility index (Phi) is 7.10. The SMILES string of the molecule is CCc1c(NC)ncnc1NCCCCCCO. The molecule has 0 atom stereocenters. The summed E-state index contributed by atoms with van der Waals surface area (Å²) in [5, 5.41) is 15.1. The molecule has 0 fully saturated rings. The summed E-state index contributed by atoms with van der Waals surface area (Å²) >= 11 is 0. The highest BCUT2D eigenvalue weighted by Gasteiger charge is 2.07. The van der Waals surface area contributed by atoms with Crippen LogP contribution in [-0.2, 0) is 6.42 Å². The Morgan fingerprint density at radius 2 is 1.83 bits per heavy atom. The van der Waals surface area contributed by atoms with Gasteiger partial charge in [0, 0.05) is 25.8 Å². The second-order valence-electron chi connectivity index (χ2n) is 4.22. The second-order valence-corrected chi connectivity index (χ2v) is 4.22. The molecule has 102 valence electrons. The molecule has 3 N–H and O–H groups in total. The lowest BCUT2D eigenvalue weighted by Crippen LogP contribution is -2.09. The van der Waals surface area contributed by atoms with E-state index < -0.39 is 0 Å².